The van der Waals surface area contributed by atoms with Gasteiger partial charge in [0.2, 0.25) is 10.0 Å². The van der Waals surface area contributed by atoms with Crippen LogP contribution in [-0.2, 0) is 16.6 Å². The number of hydrogen-bond donors (Lipinski definition) is 3. The fourth-order valence-electron chi connectivity index (χ4n) is 1.47. The minimum Gasteiger partial charge on any atom is -0.478 e. The molecular weight excluding hydrogens is 327 g/mol. The molecule has 21 heavy (non-hydrogen) atoms. The van der Waals surface area contributed by atoms with Gasteiger partial charge < -0.3 is 5.11 Å². The molecule has 1 aromatic carbocycles. The van der Waals surface area contributed by atoms with Crippen LogP contribution < -0.4 is 4.72 Å². The second kappa shape index (κ2) is 5.76. The number of H-pyrrole nitrogens is 1. The van der Waals surface area contributed by atoms with Crippen molar-refractivity contribution < 1.29 is 22.7 Å². The maximum atomic E-state index is 14.0. The minimum atomic E-state index is -4.31. The zero-order valence-electron chi connectivity index (χ0n) is 10.2. The Labute approximate surface area is 123 Å². The SMILES string of the molecule is O=C(O)c1cc(Cl)cc(S(=O)(=O)NCc2ncn[nH]2)c1F. The molecule has 2 aromatic rings. The van der Waals surface area contributed by atoms with Gasteiger partial charge in [0.25, 0.3) is 0 Å². The molecular formula is C10H8ClFN4O4S. The maximum Gasteiger partial charge on any atom is 0.338 e. The zero-order chi connectivity index (χ0) is 15.6. The number of benzene rings is 1. The fourth-order valence-corrected chi connectivity index (χ4v) is 2.87. The maximum absolute atomic E-state index is 14.0. The van der Waals surface area contributed by atoms with Crippen LogP contribution >= 0.6 is 11.6 Å². The smallest absolute Gasteiger partial charge is 0.338 e. The summed E-state index contributed by atoms with van der Waals surface area (Å²) in [6.45, 7) is -0.267. The number of nitrogens with zero attached hydrogens (tertiary/aromatic N) is 2. The average Bonchev–Trinajstić information content (AvgIpc) is 2.91. The molecule has 0 aliphatic carbocycles. The number of carboxylic acid groups (broad SMARTS) is 1. The van der Waals surface area contributed by atoms with Gasteiger partial charge in [-0.1, -0.05) is 11.6 Å². The van der Waals surface area contributed by atoms with E-state index in [0.717, 1.165) is 12.1 Å². The van der Waals surface area contributed by atoms with Crippen LogP contribution in [0.1, 0.15) is 16.2 Å². The monoisotopic (exact) mass is 334 g/mol. The number of aromatic carboxylic acids is 1. The molecule has 0 bridgehead atoms. The minimum absolute atomic E-state index is 0.208. The van der Waals surface area contributed by atoms with Crippen molar-refractivity contribution in [3.8, 4) is 0 Å². The van der Waals surface area contributed by atoms with Crippen LogP contribution in [-0.4, -0.2) is 34.7 Å². The number of aromatic amines is 1. The first-order chi connectivity index (χ1) is 9.81. The summed E-state index contributed by atoms with van der Waals surface area (Å²) in [7, 11) is -4.31. The Morgan fingerprint density at radius 1 is 1.48 bits per heavy atom. The van der Waals surface area contributed by atoms with Crippen LogP contribution in [0, 0.1) is 5.82 Å². The number of sulfonamides is 1. The van der Waals surface area contributed by atoms with Gasteiger partial charge in [0, 0.05) is 5.02 Å². The van der Waals surface area contributed by atoms with E-state index in [4.69, 9.17) is 16.7 Å². The molecule has 0 fully saturated rings. The van der Waals surface area contributed by atoms with Crippen molar-refractivity contribution in [2.24, 2.45) is 0 Å². The fraction of sp³-hybridized carbons (Fsp3) is 0.100. The Kier molecular flexibility index (Phi) is 4.21. The highest BCUT2D eigenvalue weighted by atomic mass is 35.5. The first-order valence-corrected chi connectivity index (χ1v) is 7.23. The van der Waals surface area contributed by atoms with Crippen LogP contribution in [0.15, 0.2) is 23.4 Å². The number of carboxylic acids is 1. The number of carbonyl (C=O) groups is 1. The van der Waals surface area contributed by atoms with Crippen molar-refractivity contribution in [3.05, 3.63) is 40.7 Å². The first-order valence-electron chi connectivity index (χ1n) is 5.37. The van der Waals surface area contributed by atoms with E-state index in [1.54, 1.807) is 0 Å². The van der Waals surface area contributed by atoms with Gasteiger partial charge in [-0.15, -0.1) is 0 Å². The van der Waals surface area contributed by atoms with E-state index in [-0.39, 0.29) is 17.4 Å². The Morgan fingerprint density at radius 2 is 2.19 bits per heavy atom. The third-order valence-corrected chi connectivity index (χ3v) is 4.04. The number of hydrogen-bond acceptors (Lipinski definition) is 5. The van der Waals surface area contributed by atoms with E-state index >= 15 is 0 Å². The van der Waals surface area contributed by atoms with E-state index in [1.165, 1.54) is 6.33 Å². The zero-order valence-corrected chi connectivity index (χ0v) is 11.7. The Bertz CT molecular complexity index is 779. The van der Waals surface area contributed by atoms with Gasteiger partial charge in [0.15, 0.2) is 5.82 Å². The number of aromatic nitrogens is 3. The standard InChI is InChI=1S/C10H8ClFN4O4S/c11-5-1-6(10(17)18)9(12)7(2-5)21(19,20)15-3-8-13-4-14-16-8/h1-2,4,15H,3H2,(H,17,18)(H,13,14,16). The normalized spacial score (nSPS) is 11.5. The largest absolute Gasteiger partial charge is 0.478 e. The lowest BCUT2D eigenvalue weighted by Gasteiger charge is -2.09. The first kappa shape index (κ1) is 15.4. The predicted octanol–water partition coefficient (Wildman–Crippen LogP) is 0.774. The van der Waals surface area contributed by atoms with Crippen molar-refractivity contribution in [2.75, 3.05) is 0 Å². The Morgan fingerprint density at radius 3 is 2.76 bits per heavy atom. The molecule has 112 valence electrons. The lowest BCUT2D eigenvalue weighted by molar-refractivity contribution is 0.0691. The van der Waals surface area contributed by atoms with Gasteiger partial charge in [-0.2, -0.15) is 5.10 Å². The molecule has 11 heteroatoms. The average molecular weight is 335 g/mol. The lowest BCUT2D eigenvalue weighted by atomic mass is 10.2. The molecule has 0 saturated heterocycles. The highest BCUT2D eigenvalue weighted by molar-refractivity contribution is 7.89. The number of nitrogens with one attached hydrogen (secondary N) is 2. The molecule has 0 spiro atoms. The van der Waals surface area contributed by atoms with Crippen LogP contribution in [0.5, 0.6) is 0 Å². The van der Waals surface area contributed by atoms with Crippen molar-refractivity contribution in [2.45, 2.75) is 11.4 Å². The number of rotatable bonds is 5. The molecule has 0 saturated carbocycles. The second-order valence-corrected chi connectivity index (χ2v) is 6.00. The number of halogens is 2. The van der Waals surface area contributed by atoms with E-state index in [2.05, 4.69) is 19.9 Å². The van der Waals surface area contributed by atoms with Crippen LogP contribution in [0.2, 0.25) is 5.02 Å². The Hall–Kier alpha value is -2.04. The quantitative estimate of drug-likeness (QED) is 0.741. The van der Waals surface area contributed by atoms with Crippen LogP contribution in [0.4, 0.5) is 4.39 Å². The Balaban J connectivity index is 2.37. The highest BCUT2D eigenvalue weighted by Crippen LogP contribution is 2.23. The molecule has 0 aliphatic rings. The van der Waals surface area contributed by atoms with Crippen molar-refractivity contribution in [1.29, 1.82) is 0 Å². The second-order valence-electron chi connectivity index (χ2n) is 3.83. The van der Waals surface area contributed by atoms with Gasteiger partial charge in [0.05, 0.1) is 12.1 Å². The van der Waals surface area contributed by atoms with E-state index in [1.807, 2.05) is 0 Å². The molecule has 0 radical (unpaired) electrons. The third kappa shape index (κ3) is 3.35. The summed E-state index contributed by atoms with van der Waals surface area (Å²) in [5.41, 5.74) is -0.831. The molecule has 0 aliphatic heterocycles. The topological polar surface area (TPSA) is 125 Å². The molecule has 2 rings (SSSR count). The van der Waals surface area contributed by atoms with E-state index in [0.29, 0.717) is 0 Å². The molecule has 8 nitrogen and oxygen atoms in total. The summed E-state index contributed by atoms with van der Waals surface area (Å²) in [6.07, 6.45) is 1.17. The van der Waals surface area contributed by atoms with Gasteiger partial charge in [-0.3, -0.25) is 5.10 Å². The van der Waals surface area contributed by atoms with Gasteiger partial charge in [-0.25, -0.2) is 27.3 Å². The van der Waals surface area contributed by atoms with Gasteiger partial charge in [0.1, 0.15) is 17.0 Å². The van der Waals surface area contributed by atoms with Gasteiger partial charge >= 0.3 is 5.97 Å². The summed E-state index contributed by atoms with van der Waals surface area (Å²) >= 11 is 5.62. The highest BCUT2D eigenvalue weighted by Gasteiger charge is 2.25. The molecule has 0 unspecified atom stereocenters. The summed E-state index contributed by atoms with van der Waals surface area (Å²) in [6, 6.07) is 1.65. The van der Waals surface area contributed by atoms with E-state index < -0.39 is 32.3 Å². The molecule has 1 aromatic heterocycles. The predicted molar refractivity (Wildman–Crippen MR) is 68.8 cm³/mol. The van der Waals surface area contributed by atoms with E-state index in [9.17, 15) is 17.6 Å². The molecule has 3 N–H and O–H groups in total. The molecule has 1 heterocycles. The lowest BCUT2D eigenvalue weighted by Crippen LogP contribution is -2.25. The molecule has 0 amide bonds. The van der Waals surface area contributed by atoms with Crippen molar-refractivity contribution >= 4 is 27.6 Å². The summed E-state index contributed by atoms with van der Waals surface area (Å²) in [5, 5.41) is 14.5. The summed E-state index contributed by atoms with van der Waals surface area (Å²) < 4.78 is 40.1. The van der Waals surface area contributed by atoms with Crippen LogP contribution in [0.25, 0.3) is 0 Å². The van der Waals surface area contributed by atoms with Gasteiger partial charge in [-0.05, 0) is 12.1 Å². The summed E-state index contributed by atoms with van der Waals surface area (Å²) in [4.78, 5) is 13.7. The van der Waals surface area contributed by atoms with Crippen LogP contribution in [0.3, 0.4) is 0 Å². The third-order valence-electron chi connectivity index (χ3n) is 2.42. The molecule has 0 atom stereocenters. The van der Waals surface area contributed by atoms with Crippen molar-refractivity contribution in [3.63, 3.8) is 0 Å². The van der Waals surface area contributed by atoms with Crippen molar-refractivity contribution in [1.82, 2.24) is 19.9 Å². The summed E-state index contributed by atoms with van der Waals surface area (Å²) in [5.74, 6) is -2.81.